The predicted molar refractivity (Wildman–Crippen MR) is 173 cm³/mol. The lowest BCUT2D eigenvalue weighted by atomic mass is 10.1. The monoisotopic (exact) mass is 659 g/mol. The maximum atomic E-state index is 11.8. The third kappa shape index (κ3) is 8.74. The first-order valence-corrected chi connectivity index (χ1v) is 17.1. The van der Waals surface area contributed by atoms with Gasteiger partial charge in [0.15, 0.2) is 31.3 Å². The standard InChI is InChI=1S/C28H27Cl2N7O4S2/c1-17(19-5-10-22(11-6-19)42(3,38)39)34-36-26-16-27(33-28(32-26)31-21-9-14-24(29)25(30)15-21)37-35-18(2)20-7-12-23(13-8-20)43(4,40)41/h5-16H,1-4H3,(H3,31,32,33,36,37). The van der Waals surface area contributed by atoms with E-state index in [1.807, 2.05) is 0 Å². The molecule has 0 saturated carbocycles. The zero-order chi connectivity index (χ0) is 31.4. The number of anilines is 4. The van der Waals surface area contributed by atoms with Gasteiger partial charge in [0.05, 0.1) is 31.3 Å². The number of hydrazone groups is 2. The number of benzene rings is 3. The maximum Gasteiger partial charge on any atom is 0.231 e. The van der Waals surface area contributed by atoms with E-state index in [9.17, 15) is 16.8 Å². The molecule has 1 heterocycles. The first-order chi connectivity index (χ1) is 20.2. The minimum absolute atomic E-state index is 0.196. The van der Waals surface area contributed by atoms with Crippen LogP contribution < -0.4 is 16.2 Å². The van der Waals surface area contributed by atoms with E-state index in [2.05, 4.69) is 36.3 Å². The molecule has 0 radical (unpaired) electrons. The zero-order valence-corrected chi connectivity index (χ0v) is 26.6. The van der Waals surface area contributed by atoms with Gasteiger partial charge < -0.3 is 5.32 Å². The Kier molecular flexibility index (Phi) is 9.70. The normalized spacial score (nSPS) is 12.6. The van der Waals surface area contributed by atoms with Crippen LogP contribution in [0.5, 0.6) is 0 Å². The summed E-state index contributed by atoms with van der Waals surface area (Å²) < 4.78 is 47.1. The van der Waals surface area contributed by atoms with Crippen molar-refractivity contribution in [3.63, 3.8) is 0 Å². The topological polar surface area (TPSA) is 155 Å². The molecule has 0 aliphatic rings. The van der Waals surface area contributed by atoms with Gasteiger partial charge in [-0.25, -0.2) is 16.8 Å². The average Bonchev–Trinajstić information content (AvgIpc) is 2.96. The van der Waals surface area contributed by atoms with Crippen molar-refractivity contribution in [2.45, 2.75) is 23.6 Å². The Morgan fingerprint density at radius 3 is 1.49 bits per heavy atom. The van der Waals surface area contributed by atoms with E-state index < -0.39 is 19.7 Å². The highest BCUT2D eigenvalue weighted by atomic mass is 35.5. The van der Waals surface area contributed by atoms with Crippen molar-refractivity contribution in [2.75, 3.05) is 28.7 Å². The van der Waals surface area contributed by atoms with Crippen LogP contribution in [0, 0.1) is 0 Å². The number of hydrogen-bond donors (Lipinski definition) is 3. The van der Waals surface area contributed by atoms with E-state index in [-0.39, 0.29) is 15.7 Å². The Bertz CT molecular complexity index is 1820. The number of halogens is 2. The van der Waals surface area contributed by atoms with Gasteiger partial charge in [0.2, 0.25) is 5.95 Å². The van der Waals surface area contributed by atoms with E-state index in [1.165, 1.54) is 24.3 Å². The molecule has 0 amide bonds. The fourth-order valence-electron chi connectivity index (χ4n) is 3.62. The molecule has 0 bridgehead atoms. The molecule has 43 heavy (non-hydrogen) atoms. The molecular formula is C28H27Cl2N7O4S2. The molecule has 0 fully saturated rings. The highest BCUT2D eigenvalue weighted by Crippen LogP contribution is 2.27. The summed E-state index contributed by atoms with van der Waals surface area (Å²) >= 11 is 12.2. The van der Waals surface area contributed by atoms with Gasteiger partial charge in [0.25, 0.3) is 0 Å². The molecule has 0 aliphatic carbocycles. The van der Waals surface area contributed by atoms with Crippen molar-refractivity contribution in [2.24, 2.45) is 10.2 Å². The Morgan fingerprint density at radius 2 is 1.09 bits per heavy atom. The van der Waals surface area contributed by atoms with Crippen molar-refractivity contribution in [1.29, 1.82) is 0 Å². The smallest absolute Gasteiger partial charge is 0.231 e. The fraction of sp³-hybridized carbons (Fsp3) is 0.143. The van der Waals surface area contributed by atoms with Gasteiger partial charge >= 0.3 is 0 Å². The van der Waals surface area contributed by atoms with Gasteiger partial charge in [-0.05, 0) is 67.4 Å². The summed E-state index contributed by atoms with van der Waals surface area (Å²) in [5.41, 5.74) is 8.98. The second-order valence-electron chi connectivity index (χ2n) is 9.43. The van der Waals surface area contributed by atoms with Crippen molar-refractivity contribution >= 4 is 77.6 Å². The lowest BCUT2D eigenvalue weighted by Gasteiger charge is -2.11. The largest absolute Gasteiger partial charge is 0.324 e. The third-order valence-electron chi connectivity index (χ3n) is 5.98. The van der Waals surface area contributed by atoms with Crippen LogP contribution in [0.25, 0.3) is 0 Å². The van der Waals surface area contributed by atoms with E-state index in [4.69, 9.17) is 23.2 Å². The van der Waals surface area contributed by atoms with Crippen molar-refractivity contribution in [1.82, 2.24) is 9.97 Å². The number of hydrogen-bond acceptors (Lipinski definition) is 11. The summed E-state index contributed by atoms with van der Waals surface area (Å²) in [7, 11) is -6.63. The minimum atomic E-state index is -3.32. The van der Waals surface area contributed by atoms with Crippen LogP contribution in [0.15, 0.2) is 92.8 Å². The van der Waals surface area contributed by atoms with E-state index in [0.717, 1.165) is 12.5 Å². The Hall–Kier alpha value is -4.04. The third-order valence-corrected chi connectivity index (χ3v) is 8.97. The lowest BCUT2D eigenvalue weighted by molar-refractivity contribution is 0.600. The number of nitrogens with one attached hydrogen (secondary N) is 3. The molecule has 0 aliphatic heterocycles. The lowest BCUT2D eigenvalue weighted by Crippen LogP contribution is -2.07. The van der Waals surface area contributed by atoms with E-state index in [0.29, 0.717) is 49.9 Å². The summed E-state index contributed by atoms with van der Waals surface area (Å²) in [6.45, 7) is 3.53. The van der Waals surface area contributed by atoms with Gasteiger partial charge in [-0.1, -0.05) is 47.5 Å². The van der Waals surface area contributed by atoms with E-state index >= 15 is 0 Å². The van der Waals surface area contributed by atoms with Crippen LogP contribution in [0.4, 0.5) is 23.3 Å². The molecule has 15 heteroatoms. The maximum absolute atomic E-state index is 11.8. The van der Waals surface area contributed by atoms with Gasteiger partial charge in [-0.2, -0.15) is 20.2 Å². The summed E-state index contributed by atoms with van der Waals surface area (Å²) in [5.74, 6) is 0.830. The molecule has 4 aromatic rings. The Balaban J connectivity index is 1.61. The number of nitrogens with zero attached hydrogens (tertiary/aromatic N) is 4. The molecule has 3 aromatic carbocycles. The molecule has 4 rings (SSSR count). The van der Waals surface area contributed by atoms with Gasteiger partial charge in [-0.3, -0.25) is 10.9 Å². The number of aromatic nitrogens is 2. The molecule has 1 aromatic heterocycles. The fourth-order valence-corrected chi connectivity index (χ4v) is 5.18. The summed E-state index contributed by atoms with van der Waals surface area (Å²) in [6.07, 6.45) is 2.30. The van der Waals surface area contributed by atoms with Crippen LogP contribution in [-0.2, 0) is 19.7 Å². The van der Waals surface area contributed by atoms with Crippen LogP contribution in [0.1, 0.15) is 25.0 Å². The molecule has 0 saturated heterocycles. The van der Waals surface area contributed by atoms with Crippen LogP contribution in [0.2, 0.25) is 10.0 Å². The molecule has 0 spiro atoms. The number of rotatable bonds is 10. The van der Waals surface area contributed by atoms with Crippen molar-refractivity contribution in [3.8, 4) is 0 Å². The van der Waals surface area contributed by atoms with Crippen molar-refractivity contribution < 1.29 is 16.8 Å². The Morgan fingerprint density at radius 1 is 0.651 bits per heavy atom. The summed E-state index contributed by atoms with van der Waals surface area (Å²) in [5, 5.41) is 12.6. The second kappa shape index (κ2) is 13.1. The molecular weight excluding hydrogens is 633 g/mol. The first kappa shape index (κ1) is 31.9. The SMILES string of the molecule is CC(=NNc1cc(NN=C(C)c2ccc(S(C)(=O)=O)cc2)nc(Nc2ccc(Cl)c(Cl)c2)n1)c1ccc(S(C)(=O)=O)cc1. The first-order valence-electron chi connectivity index (χ1n) is 12.5. The van der Waals surface area contributed by atoms with Gasteiger partial charge in [0.1, 0.15) is 0 Å². The van der Waals surface area contributed by atoms with Gasteiger partial charge in [-0.15, -0.1) is 0 Å². The highest BCUT2D eigenvalue weighted by Gasteiger charge is 2.10. The summed E-state index contributed by atoms with van der Waals surface area (Å²) in [4.78, 5) is 9.36. The predicted octanol–water partition coefficient (Wildman–Crippen LogP) is 6.01. The second-order valence-corrected chi connectivity index (χ2v) is 14.3. The van der Waals surface area contributed by atoms with Gasteiger partial charge in [0, 0.05) is 24.3 Å². The van der Waals surface area contributed by atoms with Crippen LogP contribution in [0.3, 0.4) is 0 Å². The van der Waals surface area contributed by atoms with Crippen molar-refractivity contribution in [3.05, 3.63) is 94.0 Å². The highest BCUT2D eigenvalue weighted by molar-refractivity contribution is 7.91. The minimum Gasteiger partial charge on any atom is -0.324 e. The molecule has 11 nitrogen and oxygen atoms in total. The number of sulfone groups is 2. The quantitative estimate of drug-likeness (QED) is 0.137. The zero-order valence-electron chi connectivity index (χ0n) is 23.4. The van der Waals surface area contributed by atoms with Crippen LogP contribution in [-0.4, -0.2) is 50.7 Å². The molecule has 224 valence electrons. The average molecular weight is 661 g/mol. The molecule has 0 unspecified atom stereocenters. The Labute approximate surface area is 259 Å². The molecule has 0 atom stereocenters. The summed E-state index contributed by atoms with van der Waals surface area (Å²) in [6, 6.07) is 19.3. The molecule has 3 N–H and O–H groups in total. The van der Waals surface area contributed by atoms with Crippen LogP contribution >= 0.6 is 23.2 Å². The van der Waals surface area contributed by atoms with E-state index in [1.54, 1.807) is 62.4 Å².